The number of amides is 2. The molecule has 0 saturated heterocycles. The summed E-state index contributed by atoms with van der Waals surface area (Å²) in [6.45, 7) is 4.70. The molecule has 0 aliphatic heterocycles. The lowest BCUT2D eigenvalue weighted by atomic mass is 10.1. The largest absolute Gasteiger partial charge is 0.354 e. The van der Waals surface area contributed by atoms with Crippen molar-refractivity contribution < 1.29 is 9.59 Å². The average molecular weight is 355 g/mol. The summed E-state index contributed by atoms with van der Waals surface area (Å²) in [5, 5.41) is 5.51. The van der Waals surface area contributed by atoms with Gasteiger partial charge in [0, 0.05) is 30.9 Å². The fourth-order valence-corrected chi connectivity index (χ4v) is 2.55. The van der Waals surface area contributed by atoms with Crippen LogP contribution in [0.2, 0.25) is 0 Å². The number of aromatic nitrogens is 1. The summed E-state index contributed by atoms with van der Waals surface area (Å²) in [6.07, 6.45) is 3.30. The Bertz CT molecular complexity index is 814. The summed E-state index contributed by atoms with van der Waals surface area (Å²) < 4.78 is 1.65. The SMILES string of the molecule is Cc1cccc(C(=O)NC(C)C(=O)NCCCCn2ccccc2=O)c1. The number of pyridine rings is 1. The second-order valence-electron chi connectivity index (χ2n) is 6.30. The van der Waals surface area contributed by atoms with Gasteiger partial charge in [-0.05, 0) is 44.9 Å². The molecular weight excluding hydrogens is 330 g/mol. The maximum atomic E-state index is 12.2. The van der Waals surface area contributed by atoms with E-state index < -0.39 is 6.04 Å². The zero-order valence-corrected chi connectivity index (χ0v) is 15.2. The van der Waals surface area contributed by atoms with Crippen molar-refractivity contribution in [2.24, 2.45) is 0 Å². The van der Waals surface area contributed by atoms with Crippen LogP contribution < -0.4 is 16.2 Å². The summed E-state index contributed by atoms with van der Waals surface area (Å²) in [4.78, 5) is 35.8. The van der Waals surface area contributed by atoms with Gasteiger partial charge in [0.05, 0.1) is 0 Å². The number of benzene rings is 1. The Morgan fingerprint density at radius 1 is 1.12 bits per heavy atom. The molecule has 26 heavy (non-hydrogen) atoms. The topological polar surface area (TPSA) is 80.2 Å². The van der Waals surface area contributed by atoms with Gasteiger partial charge in [-0.2, -0.15) is 0 Å². The predicted octanol–water partition coefficient (Wildman–Crippen LogP) is 1.87. The minimum Gasteiger partial charge on any atom is -0.354 e. The first-order chi connectivity index (χ1) is 12.5. The Morgan fingerprint density at radius 3 is 2.65 bits per heavy atom. The highest BCUT2D eigenvalue weighted by Crippen LogP contribution is 2.04. The molecule has 1 unspecified atom stereocenters. The second kappa shape index (κ2) is 9.56. The molecule has 1 heterocycles. The van der Waals surface area contributed by atoms with E-state index in [0.29, 0.717) is 18.7 Å². The predicted molar refractivity (Wildman–Crippen MR) is 101 cm³/mol. The molecule has 1 atom stereocenters. The lowest BCUT2D eigenvalue weighted by Gasteiger charge is -2.14. The van der Waals surface area contributed by atoms with Gasteiger partial charge in [0.25, 0.3) is 5.91 Å². The third-order valence-electron chi connectivity index (χ3n) is 4.05. The molecule has 0 fully saturated rings. The molecule has 1 aromatic carbocycles. The molecule has 6 nitrogen and oxygen atoms in total. The highest BCUT2D eigenvalue weighted by Gasteiger charge is 2.16. The summed E-state index contributed by atoms with van der Waals surface area (Å²) in [6, 6.07) is 11.7. The lowest BCUT2D eigenvalue weighted by Crippen LogP contribution is -2.45. The monoisotopic (exact) mass is 355 g/mol. The first kappa shape index (κ1) is 19.4. The van der Waals surface area contributed by atoms with Crippen LogP contribution in [-0.4, -0.2) is 29.0 Å². The van der Waals surface area contributed by atoms with E-state index in [0.717, 1.165) is 18.4 Å². The Labute approximate surface area is 153 Å². The van der Waals surface area contributed by atoms with Gasteiger partial charge in [0.2, 0.25) is 11.5 Å². The molecule has 2 rings (SSSR count). The molecule has 2 amide bonds. The van der Waals surface area contributed by atoms with E-state index in [9.17, 15) is 14.4 Å². The molecule has 6 heteroatoms. The molecule has 0 saturated carbocycles. The maximum absolute atomic E-state index is 12.2. The Kier molecular flexibility index (Phi) is 7.14. The van der Waals surface area contributed by atoms with E-state index in [4.69, 9.17) is 0 Å². The van der Waals surface area contributed by atoms with Crippen molar-refractivity contribution >= 4 is 11.8 Å². The highest BCUT2D eigenvalue weighted by atomic mass is 16.2. The molecule has 0 aliphatic rings. The van der Waals surface area contributed by atoms with E-state index in [1.54, 1.807) is 35.9 Å². The normalized spacial score (nSPS) is 11.6. The molecular formula is C20H25N3O3. The maximum Gasteiger partial charge on any atom is 0.251 e. The van der Waals surface area contributed by atoms with E-state index >= 15 is 0 Å². The van der Waals surface area contributed by atoms with Crippen molar-refractivity contribution in [3.63, 3.8) is 0 Å². The number of carbonyl (C=O) groups excluding carboxylic acids is 2. The van der Waals surface area contributed by atoms with Crippen LogP contribution in [-0.2, 0) is 11.3 Å². The Balaban J connectivity index is 1.69. The smallest absolute Gasteiger partial charge is 0.251 e. The molecule has 2 N–H and O–H groups in total. The van der Waals surface area contributed by atoms with E-state index in [1.807, 2.05) is 25.1 Å². The van der Waals surface area contributed by atoms with Crippen LogP contribution in [0.25, 0.3) is 0 Å². The first-order valence-electron chi connectivity index (χ1n) is 8.78. The van der Waals surface area contributed by atoms with Crippen LogP contribution in [0.3, 0.4) is 0 Å². The molecule has 2 aromatic rings. The third kappa shape index (κ3) is 5.88. The van der Waals surface area contributed by atoms with Crippen molar-refractivity contribution in [2.75, 3.05) is 6.54 Å². The number of hydrogen-bond donors (Lipinski definition) is 2. The van der Waals surface area contributed by atoms with Crippen molar-refractivity contribution in [3.05, 3.63) is 70.1 Å². The minimum absolute atomic E-state index is 0.0241. The van der Waals surface area contributed by atoms with Crippen LogP contribution in [0.15, 0.2) is 53.5 Å². The van der Waals surface area contributed by atoms with Gasteiger partial charge in [-0.25, -0.2) is 0 Å². The number of carbonyl (C=O) groups is 2. The lowest BCUT2D eigenvalue weighted by molar-refractivity contribution is -0.122. The molecule has 1 aromatic heterocycles. The van der Waals surface area contributed by atoms with Gasteiger partial charge < -0.3 is 15.2 Å². The molecule has 138 valence electrons. The van der Waals surface area contributed by atoms with E-state index in [1.165, 1.54) is 6.07 Å². The quantitative estimate of drug-likeness (QED) is 0.710. The van der Waals surface area contributed by atoms with Crippen molar-refractivity contribution in [1.29, 1.82) is 0 Å². The Hall–Kier alpha value is -2.89. The van der Waals surface area contributed by atoms with Gasteiger partial charge in [0.15, 0.2) is 0 Å². The van der Waals surface area contributed by atoms with Gasteiger partial charge in [-0.1, -0.05) is 23.8 Å². The van der Waals surface area contributed by atoms with Crippen molar-refractivity contribution in [1.82, 2.24) is 15.2 Å². The fraction of sp³-hybridized carbons (Fsp3) is 0.350. The van der Waals surface area contributed by atoms with Crippen molar-refractivity contribution in [3.8, 4) is 0 Å². The van der Waals surface area contributed by atoms with Gasteiger partial charge in [-0.15, -0.1) is 0 Å². The van der Waals surface area contributed by atoms with Crippen LogP contribution in [0.5, 0.6) is 0 Å². The standard InChI is InChI=1S/C20H25N3O3/c1-15-8-7-9-17(14-15)20(26)22-16(2)19(25)21-11-4-6-13-23-12-5-3-10-18(23)24/h3,5,7-10,12,14,16H,4,6,11,13H2,1-2H3,(H,21,25)(H,22,26). The van der Waals surface area contributed by atoms with E-state index in [-0.39, 0.29) is 17.4 Å². The summed E-state index contributed by atoms with van der Waals surface area (Å²) in [5.41, 5.74) is 1.51. The minimum atomic E-state index is -0.611. The zero-order valence-electron chi connectivity index (χ0n) is 15.2. The molecule has 0 aliphatic carbocycles. The number of rotatable bonds is 8. The van der Waals surface area contributed by atoms with Crippen LogP contribution in [0.1, 0.15) is 35.7 Å². The fourth-order valence-electron chi connectivity index (χ4n) is 2.55. The van der Waals surface area contributed by atoms with Gasteiger partial charge >= 0.3 is 0 Å². The number of hydrogen-bond acceptors (Lipinski definition) is 3. The third-order valence-corrected chi connectivity index (χ3v) is 4.05. The number of aryl methyl sites for hydroxylation is 2. The number of nitrogens with zero attached hydrogens (tertiary/aromatic N) is 1. The van der Waals surface area contributed by atoms with Gasteiger partial charge in [-0.3, -0.25) is 14.4 Å². The van der Waals surface area contributed by atoms with Gasteiger partial charge in [0.1, 0.15) is 6.04 Å². The first-order valence-corrected chi connectivity index (χ1v) is 8.78. The number of nitrogens with one attached hydrogen (secondary N) is 2. The van der Waals surface area contributed by atoms with E-state index in [2.05, 4.69) is 10.6 Å². The summed E-state index contributed by atoms with van der Waals surface area (Å²) in [7, 11) is 0. The van der Waals surface area contributed by atoms with Crippen LogP contribution >= 0.6 is 0 Å². The summed E-state index contributed by atoms with van der Waals surface area (Å²) in [5.74, 6) is -0.484. The zero-order chi connectivity index (χ0) is 18.9. The summed E-state index contributed by atoms with van der Waals surface area (Å²) >= 11 is 0. The van der Waals surface area contributed by atoms with Crippen molar-refractivity contribution in [2.45, 2.75) is 39.3 Å². The average Bonchev–Trinajstić information content (AvgIpc) is 2.62. The highest BCUT2D eigenvalue weighted by molar-refractivity contribution is 5.97. The Morgan fingerprint density at radius 2 is 1.92 bits per heavy atom. The van der Waals surface area contributed by atoms with Crippen LogP contribution in [0.4, 0.5) is 0 Å². The molecule has 0 bridgehead atoms. The van der Waals surface area contributed by atoms with Crippen LogP contribution in [0, 0.1) is 6.92 Å². The second-order valence-corrected chi connectivity index (χ2v) is 6.30. The molecule has 0 radical (unpaired) electrons. The number of unbranched alkanes of at least 4 members (excludes halogenated alkanes) is 1. The molecule has 0 spiro atoms.